The first-order valence-corrected chi connectivity index (χ1v) is 13.8. The highest BCUT2D eigenvalue weighted by Crippen LogP contribution is 2.43. The lowest BCUT2D eigenvalue weighted by atomic mass is 9.77. The van der Waals surface area contributed by atoms with Gasteiger partial charge in [0.15, 0.2) is 0 Å². The van der Waals surface area contributed by atoms with E-state index >= 15 is 0 Å². The molecule has 4 aliphatic rings. The van der Waals surface area contributed by atoms with Crippen molar-refractivity contribution in [2.45, 2.75) is 66.6 Å². The number of nitrogens with zero attached hydrogens (tertiary/aromatic N) is 1. The molecule has 10 unspecified atom stereocenters. The van der Waals surface area contributed by atoms with Crippen LogP contribution in [0.15, 0.2) is 36.0 Å². The summed E-state index contributed by atoms with van der Waals surface area (Å²) in [7, 11) is 2.04. The quantitative estimate of drug-likeness (QED) is 0.148. The maximum Gasteiger partial charge on any atom is 0.222 e. The van der Waals surface area contributed by atoms with Gasteiger partial charge in [-0.05, 0) is 36.2 Å². The van der Waals surface area contributed by atoms with E-state index in [2.05, 4.69) is 34.3 Å². The summed E-state index contributed by atoms with van der Waals surface area (Å²) < 4.78 is 23.2. The molecule has 3 aliphatic heterocycles. The number of rotatable bonds is 9. The number of hydrogen-bond acceptors (Lipinski definition) is 12. The molecule has 6 rings (SSSR count). The Morgan fingerprint density at radius 2 is 1.66 bits per heavy atom. The summed E-state index contributed by atoms with van der Waals surface area (Å²) in [5.74, 6) is -4.08. The van der Waals surface area contributed by atoms with E-state index in [4.69, 9.17) is 18.9 Å². The zero-order chi connectivity index (χ0) is 29.1. The third kappa shape index (κ3) is 4.65. The van der Waals surface area contributed by atoms with Gasteiger partial charge in [0.2, 0.25) is 11.6 Å². The van der Waals surface area contributed by atoms with Crippen LogP contribution in [0.3, 0.4) is 0 Å². The number of hydrogen-bond donors (Lipinski definition) is 8. The predicted molar refractivity (Wildman–Crippen MR) is 142 cm³/mol. The highest BCUT2D eigenvalue weighted by Gasteiger charge is 2.60. The van der Waals surface area contributed by atoms with Crippen molar-refractivity contribution < 1.29 is 54.7 Å². The molecule has 2 saturated heterocycles. The molecular weight excluding hydrogens is 540 g/mol. The summed E-state index contributed by atoms with van der Waals surface area (Å²) >= 11 is 0. The number of aromatic amines is 1. The Balaban J connectivity index is 1.26. The molecule has 2 aromatic rings. The Labute approximate surface area is 236 Å². The normalized spacial score (nSPS) is 40.7. The zero-order valence-electron chi connectivity index (χ0n) is 22.7. The standard InChI is InChI=1S/C28H38N2O11/c1-30-8-14(5-17-16-3-2-4-18-22(16)15(7-29-18)6-19(17)30)11-38-28(26(37)24(35)21(10-32)41-28)13-39-27(12-33)25(36)23(34)20(9-31)40-27/h2-5,7,17,19-21,23-26,29,31-37H,6,8-13H2,1H3. The van der Waals surface area contributed by atoms with Crippen LogP contribution in [0.2, 0.25) is 0 Å². The number of aliphatic hydroxyl groups excluding tert-OH is 7. The monoisotopic (exact) mass is 578 g/mol. The van der Waals surface area contributed by atoms with Gasteiger partial charge in [-0.2, -0.15) is 0 Å². The largest absolute Gasteiger partial charge is 0.394 e. The van der Waals surface area contributed by atoms with Crippen molar-refractivity contribution >= 4 is 10.9 Å². The van der Waals surface area contributed by atoms with Crippen LogP contribution >= 0.6 is 0 Å². The number of nitrogens with one attached hydrogen (secondary N) is 1. The number of aliphatic hydroxyl groups is 7. The Hall–Kier alpha value is -1.98. The first-order valence-electron chi connectivity index (χ1n) is 13.8. The molecule has 4 heterocycles. The summed E-state index contributed by atoms with van der Waals surface area (Å²) in [4.78, 5) is 5.61. The van der Waals surface area contributed by atoms with Gasteiger partial charge < -0.3 is 59.7 Å². The third-order valence-electron chi connectivity index (χ3n) is 9.07. The van der Waals surface area contributed by atoms with Gasteiger partial charge in [0.1, 0.15) is 49.8 Å². The molecule has 13 nitrogen and oxygen atoms in total. The minimum atomic E-state index is -2.15. The minimum absolute atomic E-state index is 0.0216. The van der Waals surface area contributed by atoms with Gasteiger partial charge in [-0.15, -0.1) is 0 Å². The number of H-pyrrole nitrogens is 1. The van der Waals surface area contributed by atoms with Crippen molar-refractivity contribution in [3.05, 3.63) is 47.2 Å². The molecule has 41 heavy (non-hydrogen) atoms. The fraction of sp³-hybridized carbons (Fsp3) is 0.643. The van der Waals surface area contributed by atoms with Crippen LogP contribution in [0.1, 0.15) is 17.0 Å². The lowest BCUT2D eigenvalue weighted by molar-refractivity contribution is -0.338. The van der Waals surface area contributed by atoms with Crippen LogP contribution in [0.4, 0.5) is 0 Å². The summed E-state index contributed by atoms with van der Waals surface area (Å²) in [6.07, 6.45) is -3.79. The van der Waals surface area contributed by atoms with E-state index in [9.17, 15) is 35.7 Å². The third-order valence-corrected chi connectivity index (χ3v) is 9.07. The predicted octanol–water partition coefficient (Wildman–Crippen LogP) is -2.31. The van der Waals surface area contributed by atoms with Gasteiger partial charge in [0, 0.05) is 35.6 Å². The van der Waals surface area contributed by atoms with E-state index in [0.717, 1.165) is 17.5 Å². The van der Waals surface area contributed by atoms with E-state index < -0.39 is 74.6 Å². The van der Waals surface area contributed by atoms with E-state index in [-0.39, 0.29) is 18.6 Å². The van der Waals surface area contributed by atoms with Gasteiger partial charge in [-0.25, -0.2) is 0 Å². The lowest BCUT2D eigenvalue weighted by Gasteiger charge is -2.42. The van der Waals surface area contributed by atoms with Crippen molar-refractivity contribution in [1.82, 2.24) is 9.88 Å². The second-order valence-electron chi connectivity index (χ2n) is 11.5. The molecule has 1 aromatic carbocycles. The first-order chi connectivity index (χ1) is 19.7. The fourth-order valence-electron chi connectivity index (χ4n) is 6.78. The Morgan fingerprint density at radius 3 is 2.32 bits per heavy atom. The second kappa shape index (κ2) is 10.9. The topological polar surface area (TPSA) is 198 Å². The number of benzene rings is 1. The van der Waals surface area contributed by atoms with Gasteiger partial charge >= 0.3 is 0 Å². The Bertz CT molecular complexity index is 1290. The van der Waals surface area contributed by atoms with Crippen LogP contribution in [0.5, 0.6) is 0 Å². The van der Waals surface area contributed by atoms with E-state index in [1.54, 1.807) is 0 Å². The van der Waals surface area contributed by atoms with Gasteiger partial charge in [0.05, 0.1) is 19.8 Å². The number of aromatic nitrogens is 1. The maximum absolute atomic E-state index is 11.0. The SMILES string of the molecule is CN1CC(COC2(COC3(CO)OC(CO)C(O)C3O)OC(CO)C(O)C2O)=CC2c3cccc4[nH]cc(c34)CC21. The van der Waals surface area contributed by atoms with Gasteiger partial charge in [-0.3, -0.25) is 4.90 Å². The van der Waals surface area contributed by atoms with Crippen molar-refractivity contribution in [2.24, 2.45) is 0 Å². The van der Waals surface area contributed by atoms with Crippen molar-refractivity contribution in [3.8, 4) is 0 Å². The van der Waals surface area contributed by atoms with Crippen molar-refractivity contribution in [3.63, 3.8) is 0 Å². The molecule has 0 radical (unpaired) electrons. The molecule has 0 saturated carbocycles. The maximum atomic E-state index is 11.0. The molecule has 13 heteroatoms. The molecule has 0 spiro atoms. The molecule has 1 aliphatic carbocycles. The smallest absolute Gasteiger partial charge is 0.222 e. The summed E-state index contributed by atoms with van der Waals surface area (Å²) in [5.41, 5.74) is 4.47. The van der Waals surface area contributed by atoms with Crippen LogP contribution in [0.25, 0.3) is 10.9 Å². The van der Waals surface area contributed by atoms with E-state index in [1.807, 2.05) is 13.1 Å². The molecule has 0 bridgehead atoms. The molecule has 1 aromatic heterocycles. The second-order valence-corrected chi connectivity index (χ2v) is 11.5. The lowest BCUT2D eigenvalue weighted by Crippen LogP contribution is -2.56. The van der Waals surface area contributed by atoms with Crippen molar-refractivity contribution in [1.29, 1.82) is 0 Å². The summed E-state index contributed by atoms with van der Waals surface area (Å²) in [5, 5.41) is 72.9. The van der Waals surface area contributed by atoms with Crippen LogP contribution in [-0.2, 0) is 25.4 Å². The number of fused-ring (bicyclic) bond motifs is 2. The van der Waals surface area contributed by atoms with Gasteiger partial charge in [-0.1, -0.05) is 18.2 Å². The van der Waals surface area contributed by atoms with Crippen LogP contribution in [0, 0.1) is 0 Å². The van der Waals surface area contributed by atoms with Gasteiger partial charge in [0.25, 0.3) is 0 Å². The molecule has 0 amide bonds. The average molecular weight is 579 g/mol. The van der Waals surface area contributed by atoms with E-state index in [1.165, 1.54) is 16.5 Å². The average Bonchev–Trinajstić information content (AvgIpc) is 3.59. The minimum Gasteiger partial charge on any atom is -0.394 e. The number of ether oxygens (including phenoxy) is 4. The van der Waals surface area contributed by atoms with Crippen LogP contribution in [-0.4, -0.2) is 146 Å². The molecule has 226 valence electrons. The molecule has 10 atom stereocenters. The molecule has 2 fully saturated rings. The summed E-state index contributed by atoms with van der Waals surface area (Å²) in [6, 6.07) is 6.45. The van der Waals surface area contributed by atoms with Crippen molar-refractivity contribution in [2.75, 3.05) is 46.6 Å². The fourth-order valence-corrected chi connectivity index (χ4v) is 6.78. The Morgan fingerprint density at radius 1 is 0.976 bits per heavy atom. The molecular formula is C28H38N2O11. The summed E-state index contributed by atoms with van der Waals surface area (Å²) in [6.45, 7) is -2.25. The van der Waals surface area contributed by atoms with Crippen LogP contribution < -0.4 is 0 Å². The highest BCUT2D eigenvalue weighted by molar-refractivity contribution is 5.88. The Kier molecular flexibility index (Phi) is 7.77. The number of likely N-dealkylation sites (N-methyl/N-ethyl adjacent to an activating group) is 1. The molecule has 8 N–H and O–H groups in total. The zero-order valence-corrected chi connectivity index (χ0v) is 22.7. The van der Waals surface area contributed by atoms with E-state index in [0.29, 0.717) is 6.54 Å². The highest BCUT2D eigenvalue weighted by atomic mass is 16.8. The first kappa shape index (κ1) is 29.1.